The van der Waals surface area contributed by atoms with Crippen molar-refractivity contribution < 1.29 is 22.8 Å². The van der Waals surface area contributed by atoms with Crippen LogP contribution in [0.25, 0.3) is 0 Å². The topological polar surface area (TPSA) is 64.7 Å². The number of nitrogens with one attached hydrogen (secondary N) is 2. The third kappa shape index (κ3) is 5.65. The average molecular weight is 420 g/mol. The third-order valence-electron chi connectivity index (χ3n) is 4.80. The van der Waals surface area contributed by atoms with Gasteiger partial charge in [0, 0.05) is 51.0 Å². The molecule has 0 aromatic heterocycles. The van der Waals surface area contributed by atoms with Gasteiger partial charge in [0.1, 0.15) is 0 Å². The van der Waals surface area contributed by atoms with Gasteiger partial charge >= 0.3 is 12.2 Å². The zero-order valence-corrected chi connectivity index (χ0v) is 16.5. The van der Waals surface area contributed by atoms with E-state index in [0.717, 1.165) is 17.7 Å². The number of alkyl halides is 3. The van der Waals surface area contributed by atoms with E-state index in [1.54, 1.807) is 29.2 Å². The number of amides is 3. The second-order valence-electron chi connectivity index (χ2n) is 7.06. The number of benzene rings is 2. The maximum Gasteiger partial charge on any atom is 0.416 e. The summed E-state index contributed by atoms with van der Waals surface area (Å²) in [5, 5.41) is 5.53. The third-order valence-corrected chi connectivity index (χ3v) is 4.80. The quantitative estimate of drug-likeness (QED) is 0.793. The van der Waals surface area contributed by atoms with E-state index >= 15 is 0 Å². The monoisotopic (exact) mass is 420 g/mol. The molecule has 0 bridgehead atoms. The Morgan fingerprint density at radius 3 is 2.37 bits per heavy atom. The molecule has 0 spiro atoms. The number of carbonyl (C=O) groups is 2. The number of carbonyl (C=O) groups excluding carboxylic acids is 2. The first kappa shape index (κ1) is 21.5. The summed E-state index contributed by atoms with van der Waals surface area (Å²) < 4.78 is 38.7. The van der Waals surface area contributed by atoms with E-state index in [1.165, 1.54) is 13.0 Å². The molecule has 2 aromatic rings. The number of rotatable bonds is 4. The van der Waals surface area contributed by atoms with Crippen molar-refractivity contribution in [2.45, 2.75) is 19.6 Å². The van der Waals surface area contributed by atoms with Crippen LogP contribution < -0.4 is 15.5 Å². The molecular formula is C21H23F3N4O2. The molecule has 0 saturated carbocycles. The minimum absolute atomic E-state index is 0.171. The summed E-state index contributed by atoms with van der Waals surface area (Å²) in [5.41, 5.74) is 1.32. The fourth-order valence-corrected chi connectivity index (χ4v) is 3.30. The molecule has 3 rings (SSSR count). The molecule has 1 aliphatic heterocycles. The minimum atomic E-state index is -4.38. The lowest BCUT2D eigenvalue weighted by molar-refractivity contribution is -0.137. The van der Waals surface area contributed by atoms with E-state index < -0.39 is 11.7 Å². The fraction of sp³-hybridized carbons (Fsp3) is 0.333. The van der Waals surface area contributed by atoms with E-state index in [0.29, 0.717) is 44.1 Å². The smallest absolute Gasteiger partial charge is 0.368 e. The highest BCUT2D eigenvalue weighted by atomic mass is 19.4. The van der Waals surface area contributed by atoms with Crippen molar-refractivity contribution >= 4 is 23.3 Å². The molecule has 1 heterocycles. The lowest BCUT2D eigenvalue weighted by Crippen LogP contribution is -2.51. The molecule has 0 aliphatic carbocycles. The van der Waals surface area contributed by atoms with Crippen LogP contribution in [0.5, 0.6) is 0 Å². The fourth-order valence-electron chi connectivity index (χ4n) is 3.30. The molecule has 1 fully saturated rings. The normalized spacial score (nSPS) is 14.4. The SMILES string of the molecule is CC(=O)Nc1cccc(CNC(=O)N2CCN(c3cccc(C(F)(F)F)c3)CC2)c1. The highest BCUT2D eigenvalue weighted by Gasteiger charge is 2.31. The van der Waals surface area contributed by atoms with E-state index in [9.17, 15) is 22.8 Å². The van der Waals surface area contributed by atoms with E-state index in [1.807, 2.05) is 11.0 Å². The molecule has 1 aliphatic rings. The van der Waals surface area contributed by atoms with Gasteiger partial charge in [0.05, 0.1) is 5.56 Å². The second kappa shape index (κ2) is 9.06. The number of nitrogens with zero attached hydrogens (tertiary/aromatic N) is 2. The summed E-state index contributed by atoms with van der Waals surface area (Å²) in [5.74, 6) is -0.171. The predicted octanol–water partition coefficient (Wildman–Crippen LogP) is 3.70. The Morgan fingerprint density at radius 2 is 1.70 bits per heavy atom. The van der Waals surface area contributed by atoms with Gasteiger partial charge in [0.15, 0.2) is 0 Å². The summed E-state index contributed by atoms with van der Waals surface area (Å²) >= 11 is 0. The summed E-state index contributed by atoms with van der Waals surface area (Å²) in [6.45, 7) is 3.45. The number of hydrogen-bond donors (Lipinski definition) is 2. The second-order valence-corrected chi connectivity index (χ2v) is 7.06. The summed E-state index contributed by atoms with van der Waals surface area (Å²) in [6.07, 6.45) is -4.38. The van der Waals surface area contributed by atoms with Crippen molar-refractivity contribution in [2.24, 2.45) is 0 Å². The Kier molecular flexibility index (Phi) is 6.49. The van der Waals surface area contributed by atoms with Crippen molar-refractivity contribution in [3.8, 4) is 0 Å². The molecule has 2 aromatic carbocycles. The summed E-state index contributed by atoms with van der Waals surface area (Å²) in [7, 11) is 0. The van der Waals surface area contributed by atoms with E-state index in [2.05, 4.69) is 10.6 Å². The largest absolute Gasteiger partial charge is 0.416 e. The molecule has 9 heteroatoms. The van der Waals surface area contributed by atoms with Crippen molar-refractivity contribution in [2.75, 3.05) is 36.4 Å². The first-order chi connectivity index (χ1) is 14.2. The molecule has 6 nitrogen and oxygen atoms in total. The van der Waals surface area contributed by atoms with Gasteiger partial charge in [0.2, 0.25) is 5.91 Å². The van der Waals surface area contributed by atoms with Crippen LogP contribution in [-0.4, -0.2) is 43.0 Å². The van der Waals surface area contributed by atoms with Crippen LogP contribution in [0.1, 0.15) is 18.1 Å². The Balaban J connectivity index is 1.52. The van der Waals surface area contributed by atoms with Gasteiger partial charge in [-0.15, -0.1) is 0 Å². The summed E-state index contributed by atoms with van der Waals surface area (Å²) in [6, 6.07) is 12.2. The van der Waals surface area contributed by atoms with Crippen LogP contribution in [0.15, 0.2) is 48.5 Å². The Morgan fingerprint density at radius 1 is 1.00 bits per heavy atom. The van der Waals surface area contributed by atoms with Crippen LogP contribution in [0.4, 0.5) is 29.3 Å². The molecule has 0 radical (unpaired) electrons. The molecule has 3 amide bonds. The lowest BCUT2D eigenvalue weighted by atomic mass is 10.1. The van der Waals surface area contributed by atoms with Crippen LogP contribution in [0, 0.1) is 0 Å². The average Bonchev–Trinajstić information content (AvgIpc) is 2.71. The zero-order valence-electron chi connectivity index (χ0n) is 16.5. The summed E-state index contributed by atoms with van der Waals surface area (Å²) in [4.78, 5) is 27.1. The number of piperazine rings is 1. The molecule has 30 heavy (non-hydrogen) atoms. The number of anilines is 2. The van der Waals surface area contributed by atoms with Crippen molar-refractivity contribution in [1.82, 2.24) is 10.2 Å². The minimum Gasteiger partial charge on any atom is -0.368 e. The van der Waals surface area contributed by atoms with Gasteiger partial charge in [-0.05, 0) is 35.9 Å². The van der Waals surface area contributed by atoms with Crippen molar-refractivity contribution in [3.63, 3.8) is 0 Å². The Bertz CT molecular complexity index is 909. The molecular weight excluding hydrogens is 397 g/mol. The van der Waals surface area contributed by atoms with Crippen LogP contribution in [0.3, 0.4) is 0 Å². The Labute approximate surface area is 172 Å². The highest BCUT2D eigenvalue weighted by molar-refractivity contribution is 5.88. The number of urea groups is 1. The van der Waals surface area contributed by atoms with Gasteiger partial charge in [0.25, 0.3) is 0 Å². The van der Waals surface area contributed by atoms with Gasteiger partial charge in [-0.1, -0.05) is 18.2 Å². The molecule has 0 unspecified atom stereocenters. The standard InChI is InChI=1S/C21H23F3N4O2/c1-15(29)26-18-6-2-4-16(12-18)14-25-20(30)28-10-8-27(9-11-28)19-7-3-5-17(13-19)21(22,23)24/h2-7,12-13H,8-11,14H2,1H3,(H,25,30)(H,26,29). The first-order valence-electron chi connectivity index (χ1n) is 9.54. The first-order valence-corrected chi connectivity index (χ1v) is 9.54. The Hall–Kier alpha value is -3.23. The number of hydrogen-bond acceptors (Lipinski definition) is 3. The molecule has 2 N–H and O–H groups in total. The van der Waals surface area contributed by atoms with Crippen molar-refractivity contribution in [1.29, 1.82) is 0 Å². The molecule has 160 valence electrons. The highest BCUT2D eigenvalue weighted by Crippen LogP contribution is 2.31. The van der Waals surface area contributed by atoms with Gasteiger partial charge in [-0.2, -0.15) is 13.2 Å². The zero-order chi connectivity index (χ0) is 21.7. The maximum atomic E-state index is 12.9. The van der Waals surface area contributed by atoms with Crippen molar-refractivity contribution in [3.05, 3.63) is 59.7 Å². The van der Waals surface area contributed by atoms with Crippen LogP contribution in [-0.2, 0) is 17.5 Å². The van der Waals surface area contributed by atoms with Gasteiger partial charge in [-0.25, -0.2) is 4.79 Å². The number of halogens is 3. The molecule has 1 saturated heterocycles. The van der Waals surface area contributed by atoms with Crippen LogP contribution in [0.2, 0.25) is 0 Å². The van der Waals surface area contributed by atoms with E-state index in [4.69, 9.17) is 0 Å². The van der Waals surface area contributed by atoms with Gasteiger partial charge in [-0.3, -0.25) is 4.79 Å². The predicted molar refractivity (Wildman–Crippen MR) is 108 cm³/mol. The van der Waals surface area contributed by atoms with Gasteiger partial charge < -0.3 is 20.4 Å². The molecule has 0 atom stereocenters. The van der Waals surface area contributed by atoms with Crippen LogP contribution >= 0.6 is 0 Å². The van der Waals surface area contributed by atoms with E-state index in [-0.39, 0.29) is 11.9 Å². The maximum absolute atomic E-state index is 12.9. The lowest BCUT2D eigenvalue weighted by Gasteiger charge is -2.36.